The van der Waals surface area contributed by atoms with Crippen molar-refractivity contribution < 1.29 is 23.6 Å². The van der Waals surface area contributed by atoms with E-state index in [4.69, 9.17) is 14.0 Å². The van der Waals surface area contributed by atoms with Crippen LogP contribution in [-0.2, 0) is 21.8 Å². The first-order valence-corrected chi connectivity index (χ1v) is 10.6. The maximum absolute atomic E-state index is 12.6. The Balaban J connectivity index is 1.63. The van der Waals surface area contributed by atoms with Crippen molar-refractivity contribution in [1.29, 1.82) is 0 Å². The zero-order valence-corrected chi connectivity index (χ0v) is 17.8. The summed E-state index contributed by atoms with van der Waals surface area (Å²) < 4.78 is 15.4. The minimum Gasteiger partial charge on any atom is -0.461 e. The Morgan fingerprint density at radius 1 is 1.24 bits per heavy atom. The molecule has 0 N–H and O–H groups in total. The zero-order valence-electron chi connectivity index (χ0n) is 16.1. The second kappa shape index (κ2) is 9.66. The average molecular weight is 434 g/mol. The van der Waals surface area contributed by atoms with Crippen LogP contribution in [0.2, 0.25) is 0 Å². The Morgan fingerprint density at radius 3 is 2.79 bits per heavy atom. The molecule has 0 aliphatic rings. The maximum Gasteiger partial charge on any atom is 0.367 e. The number of thiazole rings is 1. The van der Waals surface area contributed by atoms with E-state index in [2.05, 4.69) is 15.1 Å². The van der Waals surface area contributed by atoms with Crippen molar-refractivity contribution in [1.82, 2.24) is 15.1 Å². The predicted molar refractivity (Wildman–Crippen MR) is 107 cm³/mol. The fraction of sp³-hybridized carbons (Fsp3) is 0.316. The lowest BCUT2D eigenvalue weighted by Crippen LogP contribution is -2.08. The number of pyridine rings is 1. The number of ether oxygens (including phenoxy) is 2. The number of aromatic nitrogens is 3. The van der Waals surface area contributed by atoms with Gasteiger partial charge in [-0.3, -0.25) is 0 Å². The summed E-state index contributed by atoms with van der Waals surface area (Å²) in [5.41, 5.74) is 2.65. The third-order valence-electron chi connectivity index (χ3n) is 3.88. The van der Waals surface area contributed by atoms with Gasteiger partial charge in [-0.2, -0.15) is 0 Å². The van der Waals surface area contributed by atoms with Gasteiger partial charge in [-0.15, -0.1) is 23.1 Å². The Morgan fingerprint density at radius 2 is 2.07 bits per heavy atom. The summed E-state index contributed by atoms with van der Waals surface area (Å²) in [6.07, 6.45) is 1.62. The number of thioether (sulfide) groups is 1. The van der Waals surface area contributed by atoms with Crippen molar-refractivity contribution in [2.45, 2.75) is 38.2 Å². The molecule has 3 heterocycles. The van der Waals surface area contributed by atoms with Crippen LogP contribution in [0.4, 0.5) is 0 Å². The minimum atomic E-state index is -0.509. The molecule has 3 aromatic heterocycles. The second-order valence-electron chi connectivity index (χ2n) is 5.89. The lowest BCUT2D eigenvalue weighted by Gasteiger charge is -2.08. The Hall–Kier alpha value is -2.72. The van der Waals surface area contributed by atoms with Crippen molar-refractivity contribution in [3.63, 3.8) is 0 Å². The first kappa shape index (κ1) is 21.0. The highest BCUT2D eigenvalue weighted by atomic mass is 32.2. The van der Waals surface area contributed by atoms with Crippen LogP contribution in [0.25, 0.3) is 0 Å². The van der Waals surface area contributed by atoms with Gasteiger partial charge in [-0.25, -0.2) is 19.6 Å². The van der Waals surface area contributed by atoms with E-state index in [9.17, 15) is 9.59 Å². The lowest BCUT2D eigenvalue weighted by molar-refractivity contribution is 0.0463. The number of hydrogen-bond acceptors (Lipinski definition) is 10. The van der Waals surface area contributed by atoms with Crippen molar-refractivity contribution >= 4 is 35.0 Å². The zero-order chi connectivity index (χ0) is 20.8. The minimum absolute atomic E-state index is 0.0440. The number of carbonyl (C=O) groups excluding carboxylic acids is 2. The average Bonchev–Trinajstić information content (AvgIpc) is 3.32. The fourth-order valence-electron chi connectivity index (χ4n) is 2.39. The van der Waals surface area contributed by atoms with Crippen LogP contribution in [0.5, 0.6) is 0 Å². The van der Waals surface area contributed by atoms with E-state index in [1.54, 1.807) is 30.6 Å². The molecule has 0 fully saturated rings. The molecule has 29 heavy (non-hydrogen) atoms. The van der Waals surface area contributed by atoms with Gasteiger partial charge in [0.25, 0.3) is 0 Å². The first-order valence-electron chi connectivity index (χ1n) is 8.77. The van der Waals surface area contributed by atoms with Crippen LogP contribution in [0.3, 0.4) is 0 Å². The predicted octanol–water partition coefficient (Wildman–Crippen LogP) is 3.97. The molecular weight excluding hydrogens is 414 g/mol. The Kier molecular flexibility index (Phi) is 6.99. The molecule has 0 bridgehead atoms. The van der Waals surface area contributed by atoms with Gasteiger partial charge in [0, 0.05) is 22.9 Å². The van der Waals surface area contributed by atoms with Crippen LogP contribution in [0, 0.1) is 13.8 Å². The van der Waals surface area contributed by atoms with E-state index in [1.165, 1.54) is 11.8 Å². The molecule has 0 aromatic carbocycles. The molecule has 3 rings (SSSR count). The largest absolute Gasteiger partial charge is 0.461 e. The molecule has 0 aliphatic carbocycles. The number of aryl methyl sites for hydroxylation is 2. The Bertz CT molecular complexity index is 995. The van der Waals surface area contributed by atoms with Crippen LogP contribution in [0.1, 0.15) is 49.8 Å². The van der Waals surface area contributed by atoms with Gasteiger partial charge in [0.05, 0.1) is 23.6 Å². The quantitative estimate of drug-likeness (QED) is 0.385. The molecule has 8 nitrogen and oxygen atoms in total. The van der Waals surface area contributed by atoms with Crippen molar-refractivity contribution in [3.8, 4) is 0 Å². The van der Waals surface area contributed by atoms with Gasteiger partial charge in [0.1, 0.15) is 17.4 Å². The normalized spacial score (nSPS) is 10.7. The van der Waals surface area contributed by atoms with Crippen LogP contribution in [-0.4, -0.2) is 33.7 Å². The number of carbonyl (C=O) groups is 2. The van der Waals surface area contributed by atoms with Crippen LogP contribution in [0.15, 0.2) is 33.3 Å². The molecule has 152 valence electrons. The number of nitrogens with zero attached hydrogens (tertiary/aromatic N) is 3. The molecule has 0 atom stereocenters. The van der Waals surface area contributed by atoms with Gasteiger partial charge < -0.3 is 14.0 Å². The summed E-state index contributed by atoms with van der Waals surface area (Å²) in [6.45, 7) is 5.68. The summed E-state index contributed by atoms with van der Waals surface area (Å²) in [5.74, 6) is 0.328. The highest BCUT2D eigenvalue weighted by Gasteiger charge is 2.18. The molecule has 0 radical (unpaired) electrons. The van der Waals surface area contributed by atoms with E-state index in [0.717, 1.165) is 28.4 Å². The number of hydrogen-bond donors (Lipinski definition) is 0. The molecule has 10 heteroatoms. The van der Waals surface area contributed by atoms with E-state index in [0.29, 0.717) is 22.0 Å². The monoisotopic (exact) mass is 433 g/mol. The smallest absolute Gasteiger partial charge is 0.367 e. The highest BCUT2D eigenvalue weighted by molar-refractivity contribution is 7.98. The molecule has 0 aliphatic heterocycles. The van der Waals surface area contributed by atoms with Gasteiger partial charge >= 0.3 is 11.9 Å². The molecule has 3 aromatic rings. The molecule has 0 saturated heterocycles. The van der Waals surface area contributed by atoms with Crippen LogP contribution < -0.4 is 0 Å². The number of rotatable bonds is 8. The molecule has 0 unspecified atom stereocenters. The lowest BCUT2D eigenvalue weighted by atomic mass is 10.2. The third kappa shape index (κ3) is 5.21. The first-order chi connectivity index (χ1) is 14.0. The maximum atomic E-state index is 12.6. The van der Waals surface area contributed by atoms with Gasteiger partial charge in [0.15, 0.2) is 0 Å². The highest BCUT2D eigenvalue weighted by Crippen LogP contribution is 2.27. The molecule has 0 amide bonds. The number of esters is 2. The fourth-order valence-corrected chi connectivity index (χ4v) is 4.22. The van der Waals surface area contributed by atoms with Gasteiger partial charge in [-0.05, 0) is 32.9 Å². The summed E-state index contributed by atoms with van der Waals surface area (Å²) in [6, 6.07) is 3.34. The summed E-state index contributed by atoms with van der Waals surface area (Å²) in [7, 11) is 0. The van der Waals surface area contributed by atoms with E-state index in [-0.39, 0.29) is 18.2 Å². The summed E-state index contributed by atoms with van der Waals surface area (Å²) in [5, 5.41) is 6.39. The summed E-state index contributed by atoms with van der Waals surface area (Å²) >= 11 is 2.56. The topological polar surface area (TPSA) is 104 Å². The van der Waals surface area contributed by atoms with Crippen molar-refractivity contribution in [3.05, 3.63) is 57.0 Å². The SMILES string of the molecule is CCOC(=O)c1nc(COC(=O)c2cccnc2SCc2c(C)noc2C)cs1. The standard InChI is InChI=1S/C19H19N3O5S2/c1-4-25-19(24)17-21-13(9-28-17)8-26-18(23)14-6-5-7-20-16(14)29-10-15-11(2)22-27-12(15)3/h5-7,9H,4,8,10H2,1-3H3. The van der Waals surface area contributed by atoms with E-state index >= 15 is 0 Å². The van der Waals surface area contributed by atoms with E-state index < -0.39 is 11.9 Å². The Labute approximate surface area is 175 Å². The summed E-state index contributed by atoms with van der Waals surface area (Å²) in [4.78, 5) is 32.7. The van der Waals surface area contributed by atoms with Crippen LogP contribution >= 0.6 is 23.1 Å². The van der Waals surface area contributed by atoms with Crippen molar-refractivity contribution in [2.24, 2.45) is 0 Å². The molecule has 0 saturated carbocycles. The molecular formula is C19H19N3O5S2. The second-order valence-corrected chi connectivity index (χ2v) is 7.71. The molecule has 0 spiro atoms. The van der Waals surface area contributed by atoms with Crippen molar-refractivity contribution in [2.75, 3.05) is 6.61 Å². The van der Waals surface area contributed by atoms with E-state index in [1.807, 2.05) is 13.8 Å². The third-order valence-corrected chi connectivity index (χ3v) is 5.78. The van der Waals surface area contributed by atoms with Gasteiger partial charge in [0.2, 0.25) is 5.01 Å². The van der Waals surface area contributed by atoms with Gasteiger partial charge in [-0.1, -0.05) is 5.16 Å².